The number of methoxy groups -OCH3 is 2. The van der Waals surface area contributed by atoms with Gasteiger partial charge in [-0.2, -0.15) is 0 Å². The molecule has 0 bridgehead atoms. The first kappa shape index (κ1) is 17.1. The highest BCUT2D eigenvalue weighted by Gasteiger charge is 2.23. The smallest absolute Gasteiger partial charge is 0.254 e. The summed E-state index contributed by atoms with van der Waals surface area (Å²) in [7, 11) is 3.27. The molecule has 1 unspecified atom stereocenters. The zero-order valence-electron chi connectivity index (χ0n) is 12.5. The summed E-state index contributed by atoms with van der Waals surface area (Å²) in [6, 6.07) is 5.66. The zero-order valence-corrected chi connectivity index (χ0v) is 14.1. The van der Waals surface area contributed by atoms with E-state index < -0.39 is 0 Å². The number of carbonyl (C=O) groups excluding carboxylic acids is 1. The number of rotatable bonds is 7. The number of amides is 1. The van der Waals surface area contributed by atoms with Gasteiger partial charge in [0.25, 0.3) is 5.91 Å². The normalized spacial score (nSPS) is 12.2. The van der Waals surface area contributed by atoms with Gasteiger partial charge in [0.15, 0.2) is 0 Å². The molecule has 5 heteroatoms. The molecule has 0 aliphatic heterocycles. The number of halogens is 1. The largest absolute Gasteiger partial charge is 0.383 e. The molecule has 0 aliphatic rings. The Kier molecular flexibility index (Phi) is 7.19. The predicted octanol–water partition coefficient (Wildman–Crippen LogP) is 2.88. The van der Waals surface area contributed by atoms with Crippen LogP contribution >= 0.6 is 15.9 Å². The first-order valence-corrected chi connectivity index (χ1v) is 7.36. The molecule has 1 aromatic carbocycles. The molecule has 0 N–H and O–H groups in total. The van der Waals surface area contributed by atoms with Crippen molar-refractivity contribution in [2.75, 3.05) is 34.0 Å². The Balaban J connectivity index is 2.99. The fourth-order valence-corrected chi connectivity index (χ4v) is 2.40. The SMILES string of the molecule is COCCN(C(=O)c1cccc(Br)c1C)C(C)COC. The Morgan fingerprint density at radius 3 is 2.65 bits per heavy atom. The summed E-state index contributed by atoms with van der Waals surface area (Å²) in [6.45, 7) is 5.47. The van der Waals surface area contributed by atoms with Crippen molar-refractivity contribution in [3.63, 3.8) is 0 Å². The van der Waals surface area contributed by atoms with Gasteiger partial charge >= 0.3 is 0 Å². The molecule has 0 heterocycles. The first-order valence-electron chi connectivity index (χ1n) is 6.56. The van der Waals surface area contributed by atoms with Gasteiger partial charge in [0, 0.05) is 30.8 Å². The lowest BCUT2D eigenvalue weighted by Gasteiger charge is -2.29. The third kappa shape index (κ3) is 4.30. The van der Waals surface area contributed by atoms with E-state index in [2.05, 4.69) is 15.9 Å². The Morgan fingerprint density at radius 2 is 2.05 bits per heavy atom. The average molecular weight is 344 g/mol. The van der Waals surface area contributed by atoms with E-state index in [4.69, 9.17) is 9.47 Å². The lowest BCUT2D eigenvalue weighted by Crippen LogP contribution is -2.43. The summed E-state index contributed by atoms with van der Waals surface area (Å²) >= 11 is 3.46. The van der Waals surface area contributed by atoms with Crippen molar-refractivity contribution in [1.82, 2.24) is 4.90 Å². The maximum atomic E-state index is 12.7. The molecule has 1 rings (SSSR count). The molecule has 20 heavy (non-hydrogen) atoms. The van der Waals surface area contributed by atoms with Crippen LogP contribution in [0.1, 0.15) is 22.8 Å². The van der Waals surface area contributed by atoms with Gasteiger partial charge in [-0.05, 0) is 31.5 Å². The molecule has 0 saturated heterocycles. The van der Waals surface area contributed by atoms with Gasteiger partial charge in [-0.15, -0.1) is 0 Å². The predicted molar refractivity (Wildman–Crippen MR) is 83.1 cm³/mol. The van der Waals surface area contributed by atoms with Crippen LogP contribution in [0.4, 0.5) is 0 Å². The molecule has 0 aromatic heterocycles. The van der Waals surface area contributed by atoms with E-state index in [1.54, 1.807) is 19.1 Å². The van der Waals surface area contributed by atoms with E-state index >= 15 is 0 Å². The Labute approximate surface area is 129 Å². The lowest BCUT2D eigenvalue weighted by atomic mass is 10.1. The minimum absolute atomic E-state index is 0.000955. The van der Waals surface area contributed by atoms with E-state index in [0.29, 0.717) is 25.3 Å². The van der Waals surface area contributed by atoms with Gasteiger partial charge in [-0.3, -0.25) is 4.79 Å². The second-order valence-electron chi connectivity index (χ2n) is 4.71. The molecule has 0 spiro atoms. The topological polar surface area (TPSA) is 38.8 Å². The van der Waals surface area contributed by atoms with Crippen LogP contribution in [-0.2, 0) is 9.47 Å². The second-order valence-corrected chi connectivity index (χ2v) is 5.56. The highest BCUT2D eigenvalue weighted by Crippen LogP contribution is 2.21. The third-order valence-corrected chi connectivity index (χ3v) is 4.09. The van der Waals surface area contributed by atoms with Crippen LogP contribution < -0.4 is 0 Å². The minimum Gasteiger partial charge on any atom is -0.383 e. The summed E-state index contributed by atoms with van der Waals surface area (Å²) in [5.41, 5.74) is 1.66. The van der Waals surface area contributed by atoms with Crippen LogP contribution in [0.25, 0.3) is 0 Å². The van der Waals surface area contributed by atoms with E-state index in [1.807, 2.05) is 32.0 Å². The van der Waals surface area contributed by atoms with Gasteiger partial charge in [-0.25, -0.2) is 0 Å². The number of hydrogen-bond acceptors (Lipinski definition) is 3. The maximum Gasteiger partial charge on any atom is 0.254 e. The molecular formula is C15H22BrNO3. The van der Waals surface area contributed by atoms with Crippen LogP contribution in [0.3, 0.4) is 0 Å². The third-order valence-electron chi connectivity index (χ3n) is 3.24. The van der Waals surface area contributed by atoms with Crippen molar-refractivity contribution in [2.45, 2.75) is 19.9 Å². The van der Waals surface area contributed by atoms with E-state index in [1.165, 1.54) is 0 Å². The molecule has 1 aromatic rings. The van der Waals surface area contributed by atoms with E-state index in [9.17, 15) is 4.79 Å². The van der Waals surface area contributed by atoms with Gasteiger partial charge in [-0.1, -0.05) is 22.0 Å². The Bertz CT molecular complexity index is 451. The molecule has 0 fully saturated rings. The molecule has 0 aliphatic carbocycles. The van der Waals surface area contributed by atoms with Crippen molar-refractivity contribution >= 4 is 21.8 Å². The summed E-state index contributed by atoms with van der Waals surface area (Å²) < 4.78 is 11.2. The number of carbonyl (C=O) groups is 1. The minimum atomic E-state index is 0.000955. The van der Waals surface area contributed by atoms with E-state index in [0.717, 1.165) is 10.0 Å². The van der Waals surface area contributed by atoms with Crippen molar-refractivity contribution in [1.29, 1.82) is 0 Å². The Hall–Kier alpha value is -0.910. The monoisotopic (exact) mass is 343 g/mol. The molecule has 1 amide bonds. The summed E-state index contributed by atoms with van der Waals surface area (Å²) in [5.74, 6) is 0.00500. The van der Waals surface area contributed by atoms with Crippen LogP contribution in [-0.4, -0.2) is 50.8 Å². The van der Waals surface area contributed by atoms with E-state index in [-0.39, 0.29) is 11.9 Å². The summed E-state index contributed by atoms with van der Waals surface area (Å²) in [4.78, 5) is 14.5. The molecule has 1 atom stereocenters. The average Bonchev–Trinajstić information content (AvgIpc) is 2.42. The highest BCUT2D eigenvalue weighted by atomic mass is 79.9. The van der Waals surface area contributed by atoms with Gasteiger partial charge < -0.3 is 14.4 Å². The quantitative estimate of drug-likeness (QED) is 0.764. The fraction of sp³-hybridized carbons (Fsp3) is 0.533. The Morgan fingerprint density at radius 1 is 1.35 bits per heavy atom. The number of ether oxygens (including phenoxy) is 2. The van der Waals surface area contributed by atoms with Crippen molar-refractivity contribution < 1.29 is 14.3 Å². The van der Waals surface area contributed by atoms with Crippen LogP contribution in [0, 0.1) is 6.92 Å². The number of nitrogens with zero attached hydrogens (tertiary/aromatic N) is 1. The van der Waals surface area contributed by atoms with Crippen molar-refractivity contribution in [3.05, 3.63) is 33.8 Å². The van der Waals surface area contributed by atoms with Crippen LogP contribution in [0.5, 0.6) is 0 Å². The van der Waals surface area contributed by atoms with Crippen LogP contribution in [0.2, 0.25) is 0 Å². The van der Waals surface area contributed by atoms with Gasteiger partial charge in [0.1, 0.15) is 0 Å². The lowest BCUT2D eigenvalue weighted by molar-refractivity contribution is 0.0479. The van der Waals surface area contributed by atoms with Gasteiger partial charge in [0.05, 0.1) is 19.3 Å². The summed E-state index contributed by atoms with van der Waals surface area (Å²) in [5, 5.41) is 0. The fourth-order valence-electron chi connectivity index (χ4n) is 2.04. The summed E-state index contributed by atoms with van der Waals surface area (Å²) in [6.07, 6.45) is 0. The molecular weight excluding hydrogens is 322 g/mol. The van der Waals surface area contributed by atoms with Gasteiger partial charge in [0.2, 0.25) is 0 Å². The standard InChI is InChI=1S/C15H22BrNO3/c1-11(10-20-4)17(8-9-19-3)15(18)13-6-5-7-14(16)12(13)2/h5-7,11H,8-10H2,1-4H3. The number of benzene rings is 1. The molecule has 0 saturated carbocycles. The van der Waals surface area contributed by atoms with Crippen molar-refractivity contribution in [2.24, 2.45) is 0 Å². The molecule has 112 valence electrons. The number of hydrogen-bond donors (Lipinski definition) is 0. The maximum absolute atomic E-state index is 12.7. The molecule has 0 radical (unpaired) electrons. The van der Waals surface area contributed by atoms with Crippen molar-refractivity contribution in [3.8, 4) is 0 Å². The molecule has 4 nitrogen and oxygen atoms in total. The second kappa shape index (κ2) is 8.39. The highest BCUT2D eigenvalue weighted by molar-refractivity contribution is 9.10. The van der Waals surface area contributed by atoms with Crippen LogP contribution in [0.15, 0.2) is 22.7 Å². The zero-order chi connectivity index (χ0) is 15.1. The first-order chi connectivity index (χ1) is 9.52.